The first-order valence-corrected chi connectivity index (χ1v) is 3.34. The molecule has 5 heteroatoms. The topological polar surface area (TPSA) is 65.5 Å². The summed E-state index contributed by atoms with van der Waals surface area (Å²) in [6.45, 7) is 1.33. The van der Waals surface area contributed by atoms with Crippen LogP contribution in [0.4, 0.5) is 5.69 Å². The maximum absolute atomic E-state index is 10.9. The van der Waals surface area contributed by atoms with Crippen molar-refractivity contribution in [3.63, 3.8) is 0 Å². The van der Waals surface area contributed by atoms with Crippen LogP contribution in [0.15, 0.2) is 18.2 Å². The van der Waals surface area contributed by atoms with Crippen molar-refractivity contribution < 1.29 is 22.3 Å². The minimum Gasteiger partial charge on any atom is -1.00 e. The highest BCUT2D eigenvalue weighted by Gasteiger charge is 2.12. The Balaban J connectivity index is 0.00000144. The Morgan fingerprint density at radius 3 is 2.62 bits per heavy atom. The summed E-state index contributed by atoms with van der Waals surface area (Å²) in [5, 5.41) is 17.5. The molecule has 0 amide bonds. The normalized spacial score (nSPS) is 8.31. The van der Waals surface area contributed by atoms with Crippen molar-refractivity contribution in [1.29, 1.82) is 5.39 Å². The summed E-state index contributed by atoms with van der Waals surface area (Å²) < 4.78 is 0. The van der Waals surface area contributed by atoms with Crippen LogP contribution in [0.2, 0.25) is 0 Å². The van der Waals surface area contributed by atoms with Gasteiger partial charge in [-0.2, -0.15) is 0 Å². The third-order valence-electron chi connectivity index (χ3n) is 1.47. The summed E-state index contributed by atoms with van der Waals surface area (Å²) >= 11 is 0. The van der Waals surface area contributed by atoms with Gasteiger partial charge >= 0.3 is 5.69 Å². The van der Waals surface area contributed by atoms with Crippen LogP contribution < -0.4 is 12.4 Å². The molecule has 0 unspecified atom stereocenters. The summed E-state index contributed by atoms with van der Waals surface area (Å²) in [6, 6.07) is 4.03. The van der Waals surface area contributed by atoms with Gasteiger partial charge in [0.25, 0.3) is 0 Å². The van der Waals surface area contributed by atoms with Gasteiger partial charge in [0.15, 0.2) is 10.8 Å². The predicted molar refractivity (Wildman–Crippen MR) is 42.9 cm³/mol. The van der Waals surface area contributed by atoms with Crippen LogP contribution in [-0.2, 0) is 0 Å². The summed E-state index contributed by atoms with van der Waals surface area (Å²) in [6.07, 6.45) is 0. The number of benzene rings is 1. The molecule has 0 fully saturated rings. The number of nitrogens with zero attached hydrogens (tertiary/aromatic N) is 2. The van der Waals surface area contributed by atoms with Gasteiger partial charge in [0, 0.05) is 12.1 Å². The molecule has 0 aliphatic carbocycles. The molecule has 68 valence electrons. The van der Waals surface area contributed by atoms with Crippen molar-refractivity contribution in [2.24, 2.45) is 0 Å². The van der Waals surface area contributed by atoms with E-state index in [1.165, 1.54) is 25.1 Å². The Labute approximate surface area is 81.2 Å². The molecule has 1 aromatic rings. The molecule has 0 saturated carbocycles. The third-order valence-corrected chi connectivity index (χ3v) is 1.47. The molecule has 0 aliphatic heterocycles. The summed E-state index contributed by atoms with van der Waals surface area (Å²) in [7, 11) is 0. The number of hydrogen-bond acceptors (Lipinski definition) is 3. The van der Waals surface area contributed by atoms with Crippen molar-refractivity contribution >= 4 is 11.5 Å². The zero-order valence-corrected chi connectivity index (χ0v) is 7.62. The van der Waals surface area contributed by atoms with Crippen LogP contribution in [0.3, 0.4) is 0 Å². The minimum absolute atomic E-state index is 0. The maximum Gasteiger partial charge on any atom is 0.386 e. The molecule has 4 nitrogen and oxygen atoms in total. The molecule has 0 aliphatic rings. The minimum atomic E-state index is -0.266. The molecule has 0 spiro atoms. The number of carbonyl (C=O) groups excluding carboxylic acids is 1. The number of rotatable bonds is 1. The smallest absolute Gasteiger partial charge is 0.386 e. The monoisotopic (exact) mass is 198 g/mol. The van der Waals surface area contributed by atoms with Crippen LogP contribution in [0.25, 0.3) is 4.98 Å². The van der Waals surface area contributed by atoms with E-state index in [-0.39, 0.29) is 35.2 Å². The molecule has 13 heavy (non-hydrogen) atoms. The predicted octanol–water partition coefficient (Wildman–Crippen LogP) is -0.917. The largest absolute Gasteiger partial charge is 1.00 e. The highest BCUT2D eigenvalue weighted by atomic mass is 35.5. The van der Waals surface area contributed by atoms with E-state index in [0.717, 1.165) is 0 Å². The van der Waals surface area contributed by atoms with Gasteiger partial charge in [0.1, 0.15) is 5.75 Å². The second-order valence-electron chi connectivity index (χ2n) is 2.36. The zero-order chi connectivity index (χ0) is 9.14. The lowest BCUT2D eigenvalue weighted by atomic mass is 10.1. The van der Waals surface area contributed by atoms with E-state index in [0.29, 0.717) is 0 Å². The second-order valence-corrected chi connectivity index (χ2v) is 2.36. The fourth-order valence-corrected chi connectivity index (χ4v) is 0.868. The number of carbonyl (C=O) groups is 1. The average molecular weight is 199 g/mol. The molecule has 1 rings (SSSR count). The van der Waals surface area contributed by atoms with Crippen molar-refractivity contribution in [3.05, 3.63) is 28.7 Å². The van der Waals surface area contributed by atoms with Crippen LogP contribution >= 0.6 is 0 Å². The highest BCUT2D eigenvalue weighted by molar-refractivity contribution is 5.97. The fourth-order valence-electron chi connectivity index (χ4n) is 0.868. The SMILES string of the molecule is CC(=O)c1cc([N+]#N)ccc1O.[Cl-]. The van der Waals surface area contributed by atoms with E-state index >= 15 is 0 Å². The van der Waals surface area contributed by atoms with Gasteiger partial charge in [-0.15, -0.1) is 0 Å². The molecule has 0 aromatic heterocycles. The molecular weight excluding hydrogens is 192 g/mol. The number of phenols is 1. The quantitative estimate of drug-likeness (QED) is 0.469. The first kappa shape index (κ1) is 11.4. The Morgan fingerprint density at radius 2 is 2.15 bits per heavy atom. The van der Waals surface area contributed by atoms with Gasteiger partial charge in [-0.1, -0.05) is 0 Å². The Bertz CT molecular complexity index is 371. The standard InChI is InChI=1S/C8H6N2O2.ClH/c1-5(11)7-4-6(10-9)2-3-8(7)12;/h2-4H,1H3;1H. The lowest BCUT2D eigenvalue weighted by Gasteiger charge is -1.95. The maximum atomic E-state index is 10.9. The van der Waals surface area contributed by atoms with E-state index in [2.05, 4.69) is 4.98 Å². The number of ketones is 1. The number of Topliss-reactive ketones (excluding diaryl/α,β-unsaturated/α-hetero) is 1. The zero-order valence-electron chi connectivity index (χ0n) is 6.86. The van der Waals surface area contributed by atoms with Gasteiger partial charge in [0.05, 0.1) is 5.56 Å². The number of phenolic OH excluding ortho intramolecular Hbond substituents is 1. The molecule has 0 atom stereocenters. The van der Waals surface area contributed by atoms with Crippen molar-refractivity contribution in [3.8, 4) is 5.75 Å². The molecule has 1 N–H and O–H groups in total. The molecule has 0 radical (unpaired) electrons. The van der Waals surface area contributed by atoms with Crippen LogP contribution in [-0.4, -0.2) is 10.9 Å². The first-order chi connectivity index (χ1) is 5.65. The average Bonchev–Trinajstić information content (AvgIpc) is 2.05. The summed E-state index contributed by atoms with van der Waals surface area (Å²) in [5.41, 5.74) is 0.406. The number of hydrogen-bond donors (Lipinski definition) is 1. The molecule has 1 aromatic carbocycles. The van der Waals surface area contributed by atoms with E-state index < -0.39 is 0 Å². The third kappa shape index (κ3) is 2.42. The Kier molecular flexibility index (Phi) is 3.89. The molecule has 0 heterocycles. The highest BCUT2D eigenvalue weighted by Crippen LogP contribution is 2.23. The molecular formula is C8H7ClN2O2. The van der Waals surface area contributed by atoms with Gasteiger partial charge < -0.3 is 17.5 Å². The Hall–Kier alpha value is -1.60. The van der Waals surface area contributed by atoms with Crippen molar-refractivity contribution in [1.82, 2.24) is 0 Å². The van der Waals surface area contributed by atoms with Gasteiger partial charge in [-0.05, 0) is 13.0 Å². The number of aromatic hydroxyl groups is 1. The van der Waals surface area contributed by atoms with Gasteiger partial charge in [-0.3, -0.25) is 4.79 Å². The fraction of sp³-hybridized carbons (Fsp3) is 0.125. The lowest BCUT2D eigenvalue weighted by Crippen LogP contribution is -3.00. The second kappa shape index (κ2) is 4.43. The summed E-state index contributed by atoms with van der Waals surface area (Å²) in [5.74, 6) is -0.368. The Morgan fingerprint density at radius 1 is 1.54 bits per heavy atom. The lowest BCUT2D eigenvalue weighted by molar-refractivity contribution is -0.0000121. The van der Waals surface area contributed by atoms with Crippen LogP contribution in [0.1, 0.15) is 17.3 Å². The molecule has 0 bridgehead atoms. The van der Waals surface area contributed by atoms with Crippen molar-refractivity contribution in [2.45, 2.75) is 6.92 Å². The van der Waals surface area contributed by atoms with E-state index in [1.807, 2.05) is 0 Å². The van der Waals surface area contributed by atoms with E-state index in [1.54, 1.807) is 0 Å². The van der Waals surface area contributed by atoms with Gasteiger partial charge in [0.2, 0.25) is 5.39 Å². The van der Waals surface area contributed by atoms with E-state index in [9.17, 15) is 4.79 Å². The van der Waals surface area contributed by atoms with E-state index in [4.69, 9.17) is 10.5 Å². The number of diazo groups is 1. The molecule has 0 saturated heterocycles. The summed E-state index contributed by atoms with van der Waals surface area (Å²) in [4.78, 5) is 13.7. The van der Waals surface area contributed by atoms with Crippen LogP contribution in [0, 0.1) is 5.39 Å². The number of halogens is 1. The van der Waals surface area contributed by atoms with Crippen LogP contribution in [0.5, 0.6) is 5.75 Å². The van der Waals surface area contributed by atoms with Crippen molar-refractivity contribution in [2.75, 3.05) is 0 Å². The first-order valence-electron chi connectivity index (χ1n) is 3.34. The van der Waals surface area contributed by atoms with Gasteiger partial charge in [-0.25, -0.2) is 0 Å².